The van der Waals surface area contributed by atoms with Crippen molar-refractivity contribution in [1.29, 1.82) is 0 Å². The van der Waals surface area contributed by atoms with Crippen molar-refractivity contribution in [2.45, 2.75) is 33.0 Å². The van der Waals surface area contributed by atoms with E-state index in [1.165, 1.54) is 0 Å². The molecule has 0 saturated carbocycles. The molecule has 1 aromatic heterocycles. The van der Waals surface area contributed by atoms with E-state index in [-0.39, 0.29) is 0 Å². The standard InChI is InChI=1S/C16H19BrN2O/c1-12(2)19-10-13-6-5-8-15(17)16(13)20-11-14-7-3-4-9-18-14/h3-9,12,19H,10-11H2,1-2H3. The molecule has 0 spiro atoms. The number of nitrogens with one attached hydrogen (secondary N) is 1. The molecule has 0 unspecified atom stereocenters. The number of benzene rings is 1. The summed E-state index contributed by atoms with van der Waals surface area (Å²) in [5, 5.41) is 3.41. The van der Waals surface area contributed by atoms with Crippen molar-refractivity contribution < 1.29 is 4.74 Å². The van der Waals surface area contributed by atoms with Crippen LogP contribution in [0, 0.1) is 0 Å². The van der Waals surface area contributed by atoms with E-state index >= 15 is 0 Å². The Morgan fingerprint density at radius 2 is 2.05 bits per heavy atom. The molecule has 0 radical (unpaired) electrons. The molecular formula is C16H19BrN2O. The van der Waals surface area contributed by atoms with Gasteiger partial charge >= 0.3 is 0 Å². The van der Waals surface area contributed by atoms with Crippen LogP contribution in [0.5, 0.6) is 5.75 Å². The summed E-state index contributed by atoms with van der Waals surface area (Å²) >= 11 is 3.55. The third-order valence-electron chi connectivity index (χ3n) is 2.84. The van der Waals surface area contributed by atoms with Crippen LogP contribution in [0.1, 0.15) is 25.1 Å². The van der Waals surface area contributed by atoms with Gasteiger partial charge in [-0.25, -0.2) is 0 Å². The van der Waals surface area contributed by atoms with Crippen LogP contribution in [0.4, 0.5) is 0 Å². The van der Waals surface area contributed by atoms with Crippen molar-refractivity contribution in [3.63, 3.8) is 0 Å². The molecule has 0 aliphatic heterocycles. The maximum absolute atomic E-state index is 5.94. The largest absolute Gasteiger partial charge is 0.486 e. The molecular weight excluding hydrogens is 316 g/mol. The fraction of sp³-hybridized carbons (Fsp3) is 0.312. The maximum Gasteiger partial charge on any atom is 0.138 e. The van der Waals surface area contributed by atoms with Gasteiger partial charge < -0.3 is 10.1 Å². The molecule has 0 aliphatic rings. The van der Waals surface area contributed by atoms with Gasteiger partial charge in [-0.15, -0.1) is 0 Å². The molecule has 1 aromatic carbocycles. The topological polar surface area (TPSA) is 34.1 Å². The Kier molecular flexibility index (Phi) is 5.56. The molecule has 1 N–H and O–H groups in total. The molecule has 106 valence electrons. The van der Waals surface area contributed by atoms with Crippen LogP contribution < -0.4 is 10.1 Å². The number of hydrogen-bond donors (Lipinski definition) is 1. The third kappa shape index (κ3) is 4.32. The van der Waals surface area contributed by atoms with Crippen LogP contribution in [-0.4, -0.2) is 11.0 Å². The Morgan fingerprint density at radius 3 is 2.75 bits per heavy atom. The second-order valence-corrected chi connectivity index (χ2v) is 5.73. The van der Waals surface area contributed by atoms with Crippen LogP contribution >= 0.6 is 15.9 Å². The average molecular weight is 335 g/mol. The summed E-state index contributed by atoms with van der Waals surface area (Å²) in [5.41, 5.74) is 2.06. The first kappa shape index (κ1) is 15.0. The first-order valence-electron chi connectivity index (χ1n) is 6.70. The van der Waals surface area contributed by atoms with Crippen LogP contribution in [0.15, 0.2) is 47.1 Å². The average Bonchev–Trinajstić information content (AvgIpc) is 2.45. The van der Waals surface area contributed by atoms with Crippen molar-refractivity contribution in [2.75, 3.05) is 0 Å². The van der Waals surface area contributed by atoms with E-state index in [1.807, 2.05) is 30.3 Å². The minimum Gasteiger partial charge on any atom is -0.486 e. The lowest BCUT2D eigenvalue weighted by atomic mass is 10.2. The fourth-order valence-corrected chi connectivity index (χ4v) is 2.32. The van der Waals surface area contributed by atoms with Gasteiger partial charge in [-0.05, 0) is 34.1 Å². The molecule has 20 heavy (non-hydrogen) atoms. The summed E-state index contributed by atoms with van der Waals surface area (Å²) in [6.07, 6.45) is 1.78. The Hall–Kier alpha value is -1.39. The lowest BCUT2D eigenvalue weighted by molar-refractivity contribution is 0.295. The van der Waals surface area contributed by atoms with Crippen molar-refractivity contribution in [2.24, 2.45) is 0 Å². The Morgan fingerprint density at radius 1 is 1.20 bits per heavy atom. The number of nitrogens with zero attached hydrogens (tertiary/aromatic N) is 1. The van der Waals surface area contributed by atoms with E-state index in [9.17, 15) is 0 Å². The van der Waals surface area contributed by atoms with Gasteiger partial charge in [0, 0.05) is 24.3 Å². The van der Waals surface area contributed by atoms with Crippen molar-refractivity contribution in [1.82, 2.24) is 10.3 Å². The number of rotatable bonds is 6. The van der Waals surface area contributed by atoms with Crippen LogP contribution in [0.25, 0.3) is 0 Å². The number of ether oxygens (including phenoxy) is 1. The summed E-state index contributed by atoms with van der Waals surface area (Å²) in [6.45, 7) is 5.52. The van der Waals surface area contributed by atoms with Gasteiger partial charge in [0.15, 0.2) is 0 Å². The molecule has 0 fully saturated rings. The summed E-state index contributed by atoms with van der Waals surface area (Å²) in [4.78, 5) is 4.27. The fourth-order valence-electron chi connectivity index (χ4n) is 1.80. The molecule has 0 saturated heterocycles. The van der Waals surface area contributed by atoms with E-state index < -0.39 is 0 Å². The van der Waals surface area contributed by atoms with Crippen molar-refractivity contribution in [3.05, 3.63) is 58.3 Å². The van der Waals surface area contributed by atoms with Gasteiger partial charge in [0.1, 0.15) is 12.4 Å². The molecule has 1 heterocycles. The zero-order chi connectivity index (χ0) is 14.4. The van der Waals surface area contributed by atoms with Gasteiger partial charge in [0.25, 0.3) is 0 Å². The van der Waals surface area contributed by atoms with Crippen molar-refractivity contribution in [3.8, 4) is 5.75 Å². The maximum atomic E-state index is 5.94. The lowest BCUT2D eigenvalue weighted by Gasteiger charge is -2.15. The molecule has 0 aliphatic carbocycles. The highest BCUT2D eigenvalue weighted by Crippen LogP contribution is 2.29. The van der Waals surface area contributed by atoms with E-state index in [4.69, 9.17) is 4.74 Å². The van der Waals surface area contributed by atoms with Crippen LogP contribution in [0.3, 0.4) is 0 Å². The van der Waals surface area contributed by atoms with Gasteiger partial charge in [-0.3, -0.25) is 4.98 Å². The zero-order valence-corrected chi connectivity index (χ0v) is 13.4. The molecule has 3 nitrogen and oxygen atoms in total. The molecule has 0 amide bonds. The quantitative estimate of drug-likeness (QED) is 0.869. The minimum atomic E-state index is 0.442. The summed E-state index contributed by atoms with van der Waals surface area (Å²) in [7, 11) is 0. The summed E-state index contributed by atoms with van der Waals surface area (Å²) in [5.74, 6) is 0.881. The van der Waals surface area contributed by atoms with E-state index in [0.717, 1.165) is 28.0 Å². The predicted octanol–water partition coefficient (Wildman–Crippen LogP) is 3.92. The monoisotopic (exact) mass is 334 g/mol. The SMILES string of the molecule is CC(C)NCc1cccc(Br)c1OCc1ccccn1. The number of aromatic nitrogens is 1. The van der Waals surface area contributed by atoms with E-state index in [0.29, 0.717) is 12.6 Å². The number of para-hydroxylation sites is 1. The number of hydrogen-bond acceptors (Lipinski definition) is 3. The zero-order valence-electron chi connectivity index (χ0n) is 11.8. The van der Waals surface area contributed by atoms with Crippen molar-refractivity contribution >= 4 is 15.9 Å². The Labute approximate surface area is 128 Å². The van der Waals surface area contributed by atoms with Gasteiger partial charge in [-0.2, -0.15) is 0 Å². The second-order valence-electron chi connectivity index (χ2n) is 4.87. The second kappa shape index (κ2) is 7.41. The van der Waals surface area contributed by atoms with E-state index in [1.54, 1.807) is 6.20 Å². The number of halogens is 1. The van der Waals surface area contributed by atoms with Crippen LogP contribution in [-0.2, 0) is 13.2 Å². The van der Waals surface area contributed by atoms with Gasteiger partial charge in [0.2, 0.25) is 0 Å². The smallest absolute Gasteiger partial charge is 0.138 e. The third-order valence-corrected chi connectivity index (χ3v) is 3.46. The minimum absolute atomic E-state index is 0.442. The molecule has 0 atom stereocenters. The van der Waals surface area contributed by atoms with Gasteiger partial charge in [-0.1, -0.05) is 32.0 Å². The summed E-state index contributed by atoms with van der Waals surface area (Å²) in [6, 6.07) is 12.4. The highest BCUT2D eigenvalue weighted by atomic mass is 79.9. The Balaban J connectivity index is 2.09. The highest BCUT2D eigenvalue weighted by molar-refractivity contribution is 9.10. The van der Waals surface area contributed by atoms with Gasteiger partial charge in [0.05, 0.1) is 10.2 Å². The lowest BCUT2D eigenvalue weighted by Crippen LogP contribution is -2.22. The number of pyridine rings is 1. The first-order chi connectivity index (χ1) is 9.66. The summed E-state index contributed by atoms with van der Waals surface area (Å²) < 4.78 is 6.91. The first-order valence-corrected chi connectivity index (χ1v) is 7.49. The Bertz CT molecular complexity index is 543. The predicted molar refractivity (Wildman–Crippen MR) is 84.7 cm³/mol. The molecule has 2 rings (SSSR count). The molecule has 2 aromatic rings. The normalized spacial score (nSPS) is 10.8. The molecule has 4 heteroatoms. The molecule has 0 bridgehead atoms. The van der Waals surface area contributed by atoms with E-state index in [2.05, 4.69) is 46.1 Å². The van der Waals surface area contributed by atoms with Crippen LogP contribution in [0.2, 0.25) is 0 Å². The highest BCUT2D eigenvalue weighted by Gasteiger charge is 2.09.